The normalized spacial score (nSPS) is 14.4. The second-order valence-electron chi connectivity index (χ2n) is 6.65. The second kappa shape index (κ2) is 8.30. The van der Waals surface area contributed by atoms with Gasteiger partial charge in [-0.15, -0.1) is 0 Å². The van der Waals surface area contributed by atoms with Crippen LogP contribution >= 0.6 is 0 Å². The summed E-state index contributed by atoms with van der Waals surface area (Å²) in [5.41, 5.74) is 2.18. The van der Waals surface area contributed by atoms with Crippen molar-refractivity contribution in [2.75, 3.05) is 31.2 Å². The number of anilines is 1. The van der Waals surface area contributed by atoms with Gasteiger partial charge >= 0.3 is 0 Å². The summed E-state index contributed by atoms with van der Waals surface area (Å²) in [6.07, 6.45) is 4.15. The van der Waals surface area contributed by atoms with Crippen LogP contribution in [0.5, 0.6) is 0 Å². The summed E-state index contributed by atoms with van der Waals surface area (Å²) >= 11 is 0. The summed E-state index contributed by atoms with van der Waals surface area (Å²) < 4.78 is 10.8. The molecule has 4 heterocycles. The molecular weight excluding hydrogens is 360 g/mol. The zero-order chi connectivity index (χ0) is 19.3. The van der Waals surface area contributed by atoms with Crippen LogP contribution in [0.3, 0.4) is 0 Å². The van der Waals surface area contributed by atoms with Gasteiger partial charge in [-0.2, -0.15) is 4.98 Å². The van der Waals surface area contributed by atoms with Gasteiger partial charge in [0.25, 0.3) is 5.71 Å². The Kier molecular flexibility index (Phi) is 5.43. The molecule has 3 aromatic heterocycles. The number of hydrogen-bond donors (Lipinski definition) is 1. The zero-order valence-corrected chi connectivity index (χ0v) is 15.7. The number of aromatic nitrogens is 4. The van der Waals surface area contributed by atoms with E-state index in [4.69, 9.17) is 14.2 Å². The van der Waals surface area contributed by atoms with Crippen LogP contribution in [0.4, 0.5) is 5.82 Å². The second-order valence-corrected chi connectivity index (χ2v) is 6.65. The number of carbonyl (C=O) groups is 1. The molecule has 146 valence electrons. The molecule has 0 bridgehead atoms. The molecule has 3 aromatic rings. The van der Waals surface area contributed by atoms with Crippen LogP contribution in [0.1, 0.15) is 23.5 Å². The highest BCUT2D eigenvalue weighted by Crippen LogP contribution is 2.27. The number of fused-ring (bicyclic) bond motifs is 1. The molecule has 4 rings (SSSR count). The quantitative estimate of drug-likeness (QED) is 0.682. The molecule has 9 nitrogen and oxygen atoms in total. The highest BCUT2D eigenvalue weighted by molar-refractivity contribution is 5.88. The van der Waals surface area contributed by atoms with Crippen molar-refractivity contribution >= 4 is 22.8 Å². The Bertz CT molecular complexity index is 953. The average molecular weight is 382 g/mol. The molecule has 1 fully saturated rings. The van der Waals surface area contributed by atoms with Crippen molar-refractivity contribution in [2.24, 2.45) is 0 Å². The van der Waals surface area contributed by atoms with Gasteiger partial charge < -0.3 is 19.5 Å². The lowest BCUT2D eigenvalue weighted by Gasteiger charge is -2.28. The van der Waals surface area contributed by atoms with Crippen LogP contribution < -0.4 is 10.2 Å². The Hall–Kier alpha value is -3.07. The maximum atomic E-state index is 12.2. The van der Waals surface area contributed by atoms with Crippen molar-refractivity contribution in [3.63, 3.8) is 0 Å². The highest BCUT2D eigenvalue weighted by atomic mass is 16.5. The minimum absolute atomic E-state index is 0.0609. The minimum Gasteiger partial charge on any atom is -0.378 e. The third-order valence-corrected chi connectivity index (χ3v) is 4.63. The zero-order valence-electron chi connectivity index (χ0n) is 15.7. The van der Waals surface area contributed by atoms with E-state index in [1.165, 1.54) is 0 Å². The van der Waals surface area contributed by atoms with Crippen molar-refractivity contribution in [2.45, 2.75) is 26.3 Å². The summed E-state index contributed by atoms with van der Waals surface area (Å²) in [4.78, 5) is 27.6. The van der Waals surface area contributed by atoms with E-state index >= 15 is 0 Å². The number of pyridine rings is 1. The number of morpholine rings is 1. The van der Waals surface area contributed by atoms with E-state index in [0.717, 1.165) is 35.6 Å². The van der Waals surface area contributed by atoms with E-state index < -0.39 is 0 Å². The predicted octanol–water partition coefficient (Wildman–Crippen LogP) is 1.41. The fourth-order valence-electron chi connectivity index (χ4n) is 3.14. The molecule has 0 radical (unpaired) electrons. The van der Waals surface area contributed by atoms with Gasteiger partial charge in [0, 0.05) is 44.9 Å². The number of rotatable bonds is 6. The maximum Gasteiger partial charge on any atom is 0.263 e. The molecule has 0 atom stereocenters. The first-order valence-electron chi connectivity index (χ1n) is 9.32. The van der Waals surface area contributed by atoms with Gasteiger partial charge in [0.2, 0.25) is 5.91 Å². The number of hydrogen-bond acceptors (Lipinski definition) is 8. The lowest BCUT2D eigenvalue weighted by Crippen LogP contribution is -2.37. The maximum absolute atomic E-state index is 12.2. The fourth-order valence-corrected chi connectivity index (χ4v) is 3.14. The predicted molar refractivity (Wildman–Crippen MR) is 102 cm³/mol. The lowest BCUT2D eigenvalue weighted by molar-refractivity contribution is -0.121. The van der Waals surface area contributed by atoms with E-state index in [1.807, 2.05) is 19.1 Å². The standard InChI is InChI=1S/C19H22N6O3/c1-13-17-18(25-7-9-27-10-8-25)22-15(23-19(17)28-24-13)4-5-16(26)21-12-14-3-2-6-20-11-14/h2-3,6,11H,4-5,7-10,12H2,1H3,(H,21,26). The van der Waals surface area contributed by atoms with Crippen molar-refractivity contribution in [1.82, 2.24) is 25.4 Å². The SMILES string of the molecule is Cc1noc2nc(CCC(=O)NCc3cccnc3)nc(N3CCOCC3)c12. The lowest BCUT2D eigenvalue weighted by atomic mass is 10.2. The van der Waals surface area contributed by atoms with Crippen molar-refractivity contribution in [1.29, 1.82) is 0 Å². The van der Waals surface area contributed by atoms with Crippen molar-refractivity contribution < 1.29 is 14.1 Å². The molecule has 0 spiro atoms. The summed E-state index contributed by atoms with van der Waals surface area (Å²) in [7, 11) is 0. The monoisotopic (exact) mass is 382 g/mol. The first-order valence-corrected chi connectivity index (χ1v) is 9.32. The molecule has 0 aromatic carbocycles. The summed E-state index contributed by atoms with van der Waals surface area (Å²) in [5, 5.41) is 7.75. The average Bonchev–Trinajstić information content (AvgIpc) is 3.12. The van der Waals surface area contributed by atoms with Crippen LogP contribution in [0.25, 0.3) is 11.1 Å². The Morgan fingerprint density at radius 1 is 1.29 bits per heavy atom. The molecule has 1 aliphatic rings. The number of ether oxygens (including phenoxy) is 1. The molecule has 9 heteroatoms. The molecule has 1 amide bonds. The molecule has 0 unspecified atom stereocenters. The summed E-state index contributed by atoms with van der Waals surface area (Å²) in [6, 6.07) is 3.77. The molecule has 28 heavy (non-hydrogen) atoms. The van der Waals surface area contributed by atoms with Gasteiger partial charge in [-0.25, -0.2) is 4.98 Å². The Morgan fingerprint density at radius 3 is 2.93 bits per heavy atom. The van der Waals surface area contributed by atoms with Gasteiger partial charge in [0.1, 0.15) is 17.0 Å². The van der Waals surface area contributed by atoms with Crippen LogP contribution in [0.15, 0.2) is 29.0 Å². The molecule has 0 saturated carbocycles. The van der Waals surface area contributed by atoms with E-state index in [2.05, 4.69) is 25.3 Å². The van der Waals surface area contributed by atoms with Crippen molar-refractivity contribution in [3.05, 3.63) is 41.6 Å². The molecule has 1 aliphatic heterocycles. The molecule has 1 N–H and O–H groups in total. The topological polar surface area (TPSA) is 106 Å². The van der Waals surface area contributed by atoms with Crippen LogP contribution in [0.2, 0.25) is 0 Å². The molecule has 0 aliphatic carbocycles. The fraction of sp³-hybridized carbons (Fsp3) is 0.421. The number of carbonyl (C=O) groups excluding carboxylic acids is 1. The smallest absolute Gasteiger partial charge is 0.263 e. The van der Waals surface area contributed by atoms with Gasteiger partial charge in [-0.3, -0.25) is 9.78 Å². The Morgan fingerprint density at radius 2 is 2.14 bits per heavy atom. The molecular formula is C19H22N6O3. The number of aryl methyl sites for hydroxylation is 2. The summed E-state index contributed by atoms with van der Waals surface area (Å²) in [5.74, 6) is 1.31. The minimum atomic E-state index is -0.0609. The summed E-state index contributed by atoms with van der Waals surface area (Å²) in [6.45, 7) is 5.14. The van der Waals surface area contributed by atoms with Crippen molar-refractivity contribution in [3.8, 4) is 0 Å². The molecule has 1 saturated heterocycles. The number of nitrogens with zero attached hydrogens (tertiary/aromatic N) is 5. The Labute approximate surface area is 162 Å². The van der Waals surface area contributed by atoms with E-state index in [-0.39, 0.29) is 5.91 Å². The van der Waals surface area contributed by atoms with Gasteiger partial charge in [0.15, 0.2) is 0 Å². The first kappa shape index (κ1) is 18.3. The van der Waals surface area contributed by atoms with E-state index in [1.54, 1.807) is 12.4 Å². The van der Waals surface area contributed by atoms with E-state index in [9.17, 15) is 4.79 Å². The third kappa shape index (κ3) is 4.09. The number of nitrogens with one attached hydrogen (secondary N) is 1. The van der Waals surface area contributed by atoms with Crippen LogP contribution in [0, 0.1) is 6.92 Å². The Balaban J connectivity index is 1.45. The van der Waals surface area contributed by atoms with Gasteiger partial charge in [0.05, 0.1) is 18.9 Å². The van der Waals surface area contributed by atoms with Gasteiger partial charge in [-0.1, -0.05) is 11.2 Å². The largest absolute Gasteiger partial charge is 0.378 e. The number of amides is 1. The van der Waals surface area contributed by atoms with Crippen LogP contribution in [-0.2, 0) is 22.5 Å². The highest BCUT2D eigenvalue weighted by Gasteiger charge is 2.21. The van der Waals surface area contributed by atoms with Crippen LogP contribution in [-0.4, -0.2) is 52.3 Å². The third-order valence-electron chi connectivity index (χ3n) is 4.63. The van der Waals surface area contributed by atoms with E-state index in [0.29, 0.717) is 44.1 Å². The van der Waals surface area contributed by atoms with Gasteiger partial charge in [-0.05, 0) is 18.6 Å². The first-order chi connectivity index (χ1) is 13.7.